The molecule has 0 spiro atoms. The summed E-state index contributed by atoms with van der Waals surface area (Å²) >= 11 is 1.32. The highest BCUT2D eigenvalue weighted by atomic mass is 32.1. The Kier molecular flexibility index (Phi) is 5.54. The lowest BCUT2D eigenvalue weighted by Gasteiger charge is -2.24. The molecule has 0 saturated heterocycles. The summed E-state index contributed by atoms with van der Waals surface area (Å²) in [7, 11) is 0. The molecular formula is C11H20N4OS. The van der Waals surface area contributed by atoms with Crippen LogP contribution in [0.25, 0.3) is 0 Å². The molecule has 3 N–H and O–H groups in total. The number of thiazole rings is 1. The largest absolute Gasteiger partial charge is 0.295 e. The fraction of sp³-hybridized carbons (Fsp3) is 0.636. The summed E-state index contributed by atoms with van der Waals surface area (Å²) in [4.78, 5) is 17.9. The molecule has 0 aliphatic carbocycles. The van der Waals surface area contributed by atoms with Crippen LogP contribution in [0, 0.1) is 0 Å². The predicted molar refractivity (Wildman–Crippen MR) is 69.6 cm³/mol. The van der Waals surface area contributed by atoms with E-state index in [-0.39, 0.29) is 5.91 Å². The molecule has 0 fully saturated rings. The van der Waals surface area contributed by atoms with Crippen LogP contribution in [0.3, 0.4) is 0 Å². The molecule has 17 heavy (non-hydrogen) atoms. The van der Waals surface area contributed by atoms with Gasteiger partial charge in [0.1, 0.15) is 0 Å². The fourth-order valence-electron chi connectivity index (χ4n) is 1.56. The second-order valence-electron chi connectivity index (χ2n) is 4.18. The highest BCUT2D eigenvalue weighted by Gasteiger charge is 2.13. The number of nitrogens with zero attached hydrogens (tertiary/aromatic N) is 2. The van der Waals surface area contributed by atoms with Crippen LogP contribution in [0.2, 0.25) is 0 Å². The third-order valence-corrected chi connectivity index (χ3v) is 3.37. The van der Waals surface area contributed by atoms with Crippen molar-refractivity contribution >= 4 is 17.2 Å². The SMILES string of the molecule is CCCN(Cc1csc(C(=O)NN)n1)C(C)C. The van der Waals surface area contributed by atoms with Crippen molar-refractivity contribution in [2.24, 2.45) is 5.84 Å². The molecule has 6 heteroatoms. The van der Waals surface area contributed by atoms with Gasteiger partial charge < -0.3 is 0 Å². The van der Waals surface area contributed by atoms with Gasteiger partial charge in [-0.2, -0.15) is 0 Å². The summed E-state index contributed by atoms with van der Waals surface area (Å²) < 4.78 is 0. The van der Waals surface area contributed by atoms with E-state index in [0.29, 0.717) is 11.0 Å². The van der Waals surface area contributed by atoms with Gasteiger partial charge in [0.15, 0.2) is 5.01 Å². The van der Waals surface area contributed by atoms with Gasteiger partial charge >= 0.3 is 0 Å². The Balaban J connectivity index is 2.66. The Morgan fingerprint density at radius 1 is 1.65 bits per heavy atom. The summed E-state index contributed by atoms with van der Waals surface area (Å²) in [5.41, 5.74) is 3.02. The molecule has 0 unspecified atom stereocenters. The van der Waals surface area contributed by atoms with Gasteiger partial charge in [0.05, 0.1) is 5.69 Å². The summed E-state index contributed by atoms with van der Waals surface area (Å²) in [6, 6.07) is 0.475. The molecule has 1 aromatic heterocycles. The molecule has 1 aromatic rings. The van der Waals surface area contributed by atoms with Crippen LogP contribution in [0.5, 0.6) is 0 Å². The number of amides is 1. The summed E-state index contributed by atoms with van der Waals surface area (Å²) in [5.74, 6) is 4.74. The van der Waals surface area contributed by atoms with Gasteiger partial charge in [0.25, 0.3) is 5.91 Å². The Morgan fingerprint density at radius 2 is 2.35 bits per heavy atom. The maximum Gasteiger partial charge on any atom is 0.294 e. The normalized spacial score (nSPS) is 11.2. The van der Waals surface area contributed by atoms with E-state index in [1.165, 1.54) is 11.3 Å². The maximum atomic E-state index is 11.3. The number of aromatic nitrogens is 1. The Labute approximate surface area is 106 Å². The van der Waals surface area contributed by atoms with Crippen LogP contribution < -0.4 is 11.3 Å². The standard InChI is InChI=1S/C11H20N4OS/c1-4-5-15(8(2)3)6-9-7-17-11(13-9)10(16)14-12/h7-8H,4-6,12H2,1-3H3,(H,14,16). The lowest BCUT2D eigenvalue weighted by atomic mass is 10.2. The topological polar surface area (TPSA) is 71.2 Å². The second-order valence-corrected chi connectivity index (χ2v) is 5.04. The number of hydrogen-bond acceptors (Lipinski definition) is 5. The number of rotatable bonds is 6. The number of hydrogen-bond donors (Lipinski definition) is 2. The Hall–Kier alpha value is -0.980. The molecule has 96 valence electrons. The van der Waals surface area contributed by atoms with Gasteiger partial charge in [-0.25, -0.2) is 10.8 Å². The summed E-state index contributed by atoms with van der Waals surface area (Å²) in [6.45, 7) is 8.29. The number of carbonyl (C=O) groups is 1. The van der Waals surface area contributed by atoms with Crippen molar-refractivity contribution < 1.29 is 4.79 Å². The van der Waals surface area contributed by atoms with Gasteiger partial charge in [-0.3, -0.25) is 15.1 Å². The first-order chi connectivity index (χ1) is 8.08. The minimum atomic E-state index is -0.326. The van der Waals surface area contributed by atoms with Gasteiger partial charge in [0, 0.05) is 18.0 Å². The molecule has 0 aliphatic heterocycles. The molecule has 0 saturated carbocycles. The molecular weight excluding hydrogens is 236 g/mol. The van der Waals surface area contributed by atoms with Crippen molar-refractivity contribution in [1.29, 1.82) is 0 Å². The number of hydrazine groups is 1. The number of nitrogens with two attached hydrogens (primary N) is 1. The summed E-state index contributed by atoms with van der Waals surface area (Å²) in [5, 5.41) is 2.33. The predicted octanol–water partition coefficient (Wildman–Crippen LogP) is 1.37. The van der Waals surface area contributed by atoms with E-state index >= 15 is 0 Å². The maximum absolute atomic E-state index is 11.3. The molecule has 1 rings (SSSR count). The fourth-order valence-corrected chi connectivity index (χ4v) is 2.27. The van der Waals surface area contributed by atoms with Crippen LogP contribution in [0.4, 0.5) is 0 Å². The molecule has 0 atom stereocenters. The lowest BCUT2D eigenvalue weighted by molar-refractivity contribution is 0.0953. The number of nitrogens with one attached hydrogen (secondary N) is 1. The molecule has 0 aliphatic rings. The van der Waals surface area contributed by atoms with Gasteiger partial charge in [-0.15, -0.1) is 11.3 Å². The highest BCUT2D eigenvalue weighted by molar-refractivity contribution is 7.11. The zero-order chi connectivity index (χ0) is 12.8. The number of nitrogen functional groups attached to an aromatic ring is 1. The lowest BCUT2D eigenvalue weighted by Crippen LogP contribution is -2.31. The van der Waals surface area contributed by atoms with Crippen molar-refractivity contribution in [2.75, 3.05) is 6.54 Å². The average molecular weight is 256 g/mol. The molecule has 0 radical (unpaired) electrons. The molecule has 0 bridgehead atoms. The van der Waals surface area contributed by atoms with Crippen LogP contribution in [-0.4, -0.2) is 28.4 Å². The van der Waals surface area contributed by atoms with Gasteiger partial charge in [-0.1, -0.05) is 6.92 Å². The van der Waals surface area contributed by atoms with E-state index in [4.69, 9.17) is 5.84 Å². The van der Waals surface area contributed by atoms with Crippen LogP contribution in [0.1, 0.15) is 42.7 Å². The van der Waals surface area contributed by atoms with Crippen molar-refractivity contribution in [3.8, 4) is 0 Å². The van der Waals surface area contributed by atoms with Crippen molar-refractivity contribution in [2.45, 2.75) is 39.8 Å². The molecule has 0 aromatic carbocycles. The second kappa shape index (κ2) is 6.68. The van der Waals surface area contributed by atoms with Gasteiger partial charge in [0.2, 0.25) is 0 Å². The quantitative estimate of drug-likeness (QED) is 0.458. The van der Waals surface area contributed by atoms with Gasteiger partial charge in [-0.05, 0) is 26.8 Å². The molecule has 1 amide bonds. The van der Waals surface area contributed by atoms with Crippen LogP contribution in [-0.2, 0) is 6.54 Å². The van der Waals surface area contributed by atoms with E-state index < -0.39 is 0 Å². The first-order valence-corrected chi connectivity index (χ1v) is 6.65. The third-order valence-electron chi connectivity index (χ3n) is 2.48. The molecule has 1 heterocycles. The van der Waals surface area contributed by atoms with E-state index in [1.54, 1.807) is 0 Å². The van der Waals surface area contributed by atoms with Crippen molar-refractivity contribution in [1.82, 2.24) is 15.3 Å². The van der Waals surface area contributed by atoms with Crippen LogP contribution in [0.15, 0.2) is 5.38 Å². The number of carbonyl (C=O) groups excluding carboxylic acids is 1. The smallest absolute Gasteiger partial charge is 0.294 e. The third kappa shape index (κ3) is 4.07. The van der Waals surface area contributed by atoms with E-state index in [0.717, 1.165) is 25.2 Å². The summed E-state index contributed by atoms with van der Waals surface area (Å²) in [6.07, 6.45) is 1.11. The Bertz CT molecular complexity index is 364. The minimum absolute atomic E-state index is 0.326. The average Bonchev–Trinajstić information content (AvgIpc) is 2.76. The van der Waals surface area contributed by atoms with Crippen molar-refractivity contribution in [3.05, 3.63) is 16.1 Å². The molecule has 5 nitrogen and oxygen atoms in total. The first-order valence-electron chi connectivity index (χ1n) is 5.77. The van der Waals surface area contributed by atoms with Crippen LogP contribution >= 0.6 is 11.3 Å². The van der Waals surface area contributed by atoms with E-state index in [2.05, 4.69) is 36.1 Å². The Morgan fingerprint density at radius 3 is 2.88 bits per heavy atom. The zero-order valence-corrected chi connectivity index (χ0v) is 11.4. The minimum Gasteiger partial charge on any atom is -0.295 e. The highest BCUT2D eigenvalue weighted by Crippen LogP contribution is 2.13. The monoisotopic (exact) mass is 256 g/mol. The zero-order valence-electron chi connectivity index (χ0n) is 10.6. The van der Waals surface area contributed by atoms with E-state index in [1.807, 2.05) is 5.38 Å². The first kappa shape index (κ1) is 14.1. The van der Waals surface area contributed by atoms with Crippen molar-refractivity contribution in [3.63, 3.8) is 0 Å². The van der Waals surface area contributed by atoms with E-state index in [9.17, 15) is 4.79 Å².